The van der Waals surface area contributed by atoms with E-state index >= 15 is 0 Å². The Hall–Kier alpha value is -0.540. The third-order valence-electron chi connectivity index (χ3n) is 1.20. The lowest BCUT2D eigenvalue weighted by molar-refractivity contribution is 0.724. The highest BCUT2D eigenvalue weighted by molar-refractivity contribution is 6.41. The molecule has 0 saturated carbocycles. The fraction of sp³-hybridized carbons (Fsp3) is 0.143. The van der Waals surface area contributed by atoms with Crippen LogP contribution in [0, 0.1) is 13.5 Å². The van der Waals surface area contributed by atoms with Crippen molar-refractivity contribution in [2.75, 3.05) is 0 Å². The van der Waals surface area contributed by atoms with E-state index in [0.29, 0.717) is 6.42 Å². The molecule has 0 aromatic carbocycles. The summed E-state index contributed by atoms with van der Waals surface area (Å²) < 4.78 is 1.11. The minimum Gasteiger partial charge on any atom is -0.266 e. The molecule has 0 spiro atoms. The molecule has 0 fully saturated rings. The second-order valence-corrected chi connectivity index (χ2v) is 2.81. The molecular formula is C7H6Cl2N2O. The van der Waals surface area contributed by atoms with Gasteiger partial charge in [0.2, 0.25) is 0 Å². The van der Waals surface area contributed by atoms with Gasteiger partial charge in [0, 0.05) is 0 Å². The normalized spacial score (nSPS) is 10.2. The molecule has 5 heteroatoms. The van der Waals surface area contributed by atoms with Gasteiger partial charge in [0.25, 0.3) is 5.56 Å². The highest BCUT2D eigenvalue weighted by Gasteiger charge is 2.05. The average molecular weight is 205 g/mol. The Kier molecular flexibility index (Phi) is 3.12. The van der Waals surface area contributed by atoms with Crippen LogP contribution in [-0.2, 0) is 0 Å². The van der Waals surface area contributed by atoms with E-state index in [0.717, 1.165) is 4.68 Å². The lowest BCUT2D eigenvalue weighted by atomic mass is 10.5. The lowest BCUT2D eigenvalue weighted by Crippen LogP contribution is -2.21. The molecule has 0 atom stereocenters. The van der Waals surface area contributed by atoms with Gasteiger partial charge in [0.15, 0.2) is 0 Å². The molecule has 1 rings (SSSR count). The van der Waals surface area contributed by atoms with Crippen LogP contribution in [0.25, 0.3) is 0 Å². The number of nitrogens with zero attached hydrogens (tertiary/aromatic N) is 2. The van der Waals surface area contributed by atoms with E-state index in [1.807, 2.05) is 0 Å². The predicted molar refractivity (Wildman–Crippen MR) is 48.2 cm³/mol. The first-order valence-electron chi connectivity index (χ1n) is 3.22. The van der Waals surface area contributed by atoms with Crippen LogP contribution in [0.2, 0.25) is 10.0 Å². The van der Waals surface area contributed by atoms with Gasteiger partial charge in [-0.15, -0.1) is 0 Å². The zero-order valence-corrected chi connectivity index (χ0v) is 7.64. The third-order valence-corrected chi connectivity index (χ3v) is 1.95. The predicted octanol–water partition coefficient (Wildman–Crippen LogP) is 1.78. The second kappa shape index (κ2) is 3.92. The maximum absolute atomic E-state index is 11.2. The molecule has 2 radical (unpaired) electrons. The van der Waals surface area contributed by atoms with Crippen LogP contribution in [-0.4, -0.2) is 9.78 Å². The second-order valence-electron chi connectivity index (χ2n) is 2.03. The average Bonchev–Trinajstić information content (AvgIpc) is 2.07. The van der Waals surface area contributed by atoms with Gasteiger partial charge < -0.3 is 0 Å². The molecule has 12 heavy (non-hydrogen) atoms. The first-order valence-corrected chi connectivity index (χ1v) is 3.97. The Morgan fingerprint density at radius 3 is 2.92 bits per heavy atom. The Morgan fingerprint density at radius 1 is 1.67 bits per heavy atom. The maximum atomic E-state index is 11.2. The van der Waals surface area contributed by atoms with E-state index in [4.69, 9.17) is 23.2 Å². The molecule has 0 amide bonds. The molecule has 0 aliphatic carbocycles. The number of hydrogen-bond acceptors (Lipinski definition) is 2. The van der Waals surface area contributed by atoms with Crippen molar-refractivity contribution in [1.82, 2.24) is 9.78 Å². The standard InChI is InChI=1S/C7H6Cl2N2O/c1-2-3-11-7(12)6(9)5(8)4-10-11/h3-4H,1-2H2. The van der Waals surface area contributed by atoms with Crippen molar-refractivity contribution in [3.63, 3.8) is 0 Å². The fourth-order valence-corrected chi connectivity index (χ4v) is 0.937. The van der Waals surface area contributed by atoms with Crippen molar-refractivity contribution in [2.45, 2.75) is 6.42 Å². The van der Waals surface area contributed by atoms with E-state index in [9.17, 15) is 4.79 Å². The summed E-state index contributed by atoms with van der Waals surface area (Å²) in [5.74, 6) is 0. The molecule has 1 heterocycles. The first kappa shape index (κ1) is 9.55. The molecule has 1 aromatic rings. The molecule has 3 nitrogen and oxygen atoms in total. The summed E-state index contributed by atoms with van der Waals surface area (Å²) in [6.45, 7) is 5.06. The zero-order chi connectivity index (χ0) is 9.14. The lowest BCUT2D eigenvalue weighted by Gasteiger charge is -2.01. The Morgan fingerprint density at radius 2 is 2.33 bits per heavy atom. The van der Waals surface area contributed by atoms with Crippen molar-refractivity contribution in [1.29, 1.82) is 0 Å². The smallest absolute Gasteiger partial charge is 0.266 e. The van der Waals surface area contributed by atoms with E-state index in [2.05, 4.69) is 12.0 Å². The number of aromatic nitrogens is 2. The van der Waals surface area contributed by atoms with Gasteiger partial charge in [0.05, 0.1) is 17.8 Å². The van der Waals surface area contributed by atoms with Crippen molar-refractivity contribution < 1.29 is 0 Å². The Bertz CT molecular complexity index is 335. The summed E-state index contributed by atoms with van der Waals surface area (Å²) in [7, 11) is 0. The van der Waals surface area contributed by atoms with Gasteiger partial charge in [-0.25, -0.2) is 4.68 Å². The molecule has 0 bridgehead atoms. The van der Waals surface area contributed by atoms with Crippen LogP contribution in [0.5, 0.6) is 0 Å². The topological polar surface area (TPSA) is 34.9 Å². The number of rotatable bonds is 2. The summed E-state index contributed by atoms with van der Waals surface area (Å²) in [6.07, 6.45) is 1.78. The van der Waals surface area contributed by atoms with Crippen molar-refractivity contribution in [2.24, 2.45) is 0 Å². The first-order chi connectivity index (χ1) is 5.66. The van der Waals surface area contributed by atoms with E-state index in [1.54, 1.807) is 0 Å². The highest BCUT2D eigenvalue weighted by atomic mass is 35.5. The molecular weight excluding hydrogens is 199 g/mol. The Labute approximate surface area is 79.9 Å². The maximum Gasteiger partial charge on any atom is 0.287 e. The van der Waals surface area contributed by atoms with Gasteiger partial charge in [-0.2, -0.15) is 5.10 Å². The van der Waals surface area contributed by atoms with Crippen LogP contribution >= 0.6 is 23.2 Å². The monoisotopic (exact) mass is 204 g/mol. The van der Waals surface area contributed by atoms with Crippen LogP contribution in [0.1, 0.15) is 6.42 Å². The fourth-order valence-electron chi connectivity index (χ4n) is 0.677. The molecule has 0 aliphatic rings. The van der Waals surface area contributed by atoms with Gasteiger partial charge >= 0.3 is 0 Å². The van der Waals surface area contributed by atoms with Crippen LogP contribution in [0.4, 0.5) is 0 Å². The minimum absolute atomic E-state index is 0.0173. The van der Waals surface area contributed by atoms with Crippen molar-refractivity contribution >= 4 is 23.2 Å². The van der Waals surface area contributed by atoms with Gasteiger partial charge in [-0.3, -0.25) is 4.79 Å². The van der Waals surface area contributed by atoms with Gasteiger partial charge in [-0.1, -0.05) is 30.1 Å². The summed E-state index contributed by atoms with van der Waals surface area (Å²) in [6, 6.07) is 0. The quantitative estimate of drug-likeness (QED) is 0.737. The molecule has 0 unspecified atom stereocenters. The summed E-state index contributed by atoms with van der Waals surface area (Å²) in [5.41, 5.74) is -0.423. The van der Waals surface area contributed by atoms with Gasteiger partial charge in [0.1, 0.15) is 5.02 Å². The number of halogens is 2. The van der Waals surface area contributed by atoms with Crippen molar-refractivity contribution in [3.8, 4) is 0 Å². The molecule has 0 N–H and O–H groups in total. The van der Waals surface area contributed by atoms with Crippen molar-refractivity contribution in [3.05, 3.63) is 40.1 Å². The number of hydrogen-bond donors (Lipinski definition) is 0. The largest absolute Gasteiger partial charge is 0.287 e. The van der Waals surface area contributed by atoms with Gasteiger partial charge in [-0.05, 0) is 6.42 Å². The van der Waals surface area contributed by atoms with Crippen LogP contribution in [0.3, 0.4) is 0 Å². The Balaban J connectivity index is 3.18. The van der Waals surface area contributed by atoms with E-state index < -0.39 is 5.56 Å². The third kappa shape index (κ3) is 1.79. The van der Waals surface area contributed by atoms with Crippen LogP contribution < -0.4 is 5.56 Å². The summed E-state index contributed by atoms with van der Waals surface area (Å²) in [5, 5.41) is 3.87. The zero-order valence-electron chi connectivity index (χ0n) is 6.13. The molecule has 0 saturated heterocycles. The molecule has 64 valence electrons. The summed E-state index contributed by atoms with van der Waals surface area (Å²) >= 11 is 11.1. The highest BCUT2D eigenvalue weighted by Crippen LogP contribution is 2.14. The SMILES string of the molecule is [CH2]C[CH]n1ncc(Cl)c(Cl)c1=O. The molecule has 1 aromatic heterocycles. The summed E-state index contributed by atoms with van der Waals surface area (Å²) in [4.78, 5) is 11.2. The van der Waals surface area contributed by atoms with E-state index in [1.165, 1.54) is 12.7 Å². The van der Waals surface area contributed by atoms with E-state index in [-0.39, 0.29) is 10.0 Å². The molecule has 0 aliphatic heterocycles. The van der Waals surface area contributed by atoms with Crippen LogP contribution in [0.15, 0.2) is 11.0 Å². The minimum atomic E-state index is -0.423.